The van der Waals surface area contributed by atoms with Gasteiger partial charge in [0, 0.05) is 11.3 Å². The fourth-order valence-corrected chi connectivity index (χ4v) is 4.56. The van der Waals surface area contributed by atoms with E-state index in [2.05, 4.69) is 70.6 Å². The Bertz CT molecular complexity index is 675. The molecule has 6 nitrogen and oxygen atoms in total. The monoisotopic (exact) mass is 392 g/mol. The first-order chi connectivity index (χ1) is 12.3. The maximum absolute atomic E-state index is 6.32. The smallest absolute Gasteiger partial charge is 0.403 e. The van der Waals surface area contributed by atoms with Crippen LogP contribution >= 0.6 is 12.1 Å². The van der Waals surface area contributed by atoms with Crippen molar-refractivity contribution in [3.8, 4) is 0 Å². The minimum atomic E-state index is -0.393. The van der Waals surface area contributed by atoms with Crippen molar-refractivity contribution in [3.05, 3.63) is 11.5 Å². The highest BCUT2D eigenvalue weighted by Crippen LogP contribution is 2.46. The van der Waals surface area contributed by atoms with Crippen LogP contribution in [0.2, 0.25) is 5.82 Å². The molecule has 2 fully saturated rings. The standard InChI is InChI=1S/C18H30B2N2O4S/c1-15(2)16(3,4)24-19(23-15)11-9-10-12(14-13(11)21-27-22-14)20-25-17(5,6)18(7,8)26-20/h9,12,14,22H,10H2,1-8H3. The molecule has 1 N–H and O–H groups in total. The molecule has 4 aliphatic rings. The molecule has 2 saturated heterocycles. The lowest BCUT2D eigenvalue weighted by molar-refractivity contribution is 0.00578. The number of hydrogen-bond acceptors (Lipinski definition) is 7. The van der Waals surface area contributed by atoms with E-state index in [1.54, 1.807) is 0 Å². The van der Waals surface area contributed by atoms with Crippen molar-refractivity contribution in [2.24, 2.45) is 4.40 Å². The summed E-state index contributed by atoms with van der Waals surface area (Å²) in [6, 6.07) is 0.0590. The first-order valence-corrected chi connectivity index (χ1v) is 10.5. The molecule has 1 aliphatic carbocycles. The summed E-state index contributed by atoms with van der Waals surface area (Å²) in [5, 5.41) is 0. The summed E-state index contributed by atoms with van der Waals surface area (Å²) in [6.45, 7) is 16.7. The zero-order valence-corrected chi connectivity index (χ0v) is 18.4. The molecule has 0 aromatic rings. The van der Waals surface area contributed by atoms with Crippen LogP contribution in [0, 0.1) is 0 Å². The molecule has 3 heterocycles. The van der Waals surface area contributed by atoms with Crippen molar-refractivity contribution in [1.82, 2.24) is 4.72 Å². The summed E-state index contributed by atoms with van der Waals surface area (Å²) in [4.78, 5) is 0. The van der Waals surface area contributed by atoms with Crippen molar-refractivity contribution in [3.63, 3.8) is 0 Å². The van der Waals surface area contributed by atoms with Gasteiger partial charge in [0.1, 0.15) is 0 Å². The van der Waals surface area contributed by atoms with Gasteiger partial charge >= 0.3 is 14.2 Å². The van der Waals surface area contributed by atoms with Crippen LogP contribution in [-0.4, -0.2) is 48.4 Å². The van der Waals surface area contributed by atoms with Crippen LogP contribution in [0.15, 0.2) is 15.9 Å². The molecular weight excluding hydrogens is 362 g/mol. The minimum absolute atomic E-state index is 0.0590. The van der Waals surface area contributed by atoms with Gasteiger partial charge in [-0.15, -0.1) is 0 Å². The fraction of sp³-hybridized carbons (Fsp3) is 0.833. The van der Waals surface area contributed by atoms with Crippen LogP contribution in [0.5, 0.6) is 0 Å². The third kappa shape index (κ3) is 3.06. The molecule has 0 radical (unpaired) electrons. The van der Waals surface area contributed by atoms with Gasteiger partial charge < -0.3 is 18.6 Å². The van der Waals surface area contributed by atoms with Gasteiger partial charge in [0.05, 0.1) is 46.3 Å². The second-order valence-corrected chi connectivity index (χ2v) is 10.5. The maximum Gasteiger partial charge on any atom is 0.496 e. The SMILES string of the molecule is CC1(C)OB(C2=CCC(B3OC(C)(C)C(C)(C)O3)C3NSN=C23)OC1(C)C. The highest BCUT2D eigenvalue weighted by atomic mass is 32.2. The number of allylic oxidation sites excluding steroid dienone is 1. The van der Waals surface area contributed by atoms with Crippen LogP contribution in [0.25, 0.3) is 0 Å². The Morgan fingerprint density at radius 3 is 2.00 bits per heavy atom. The van der Waals surface area contributed by atoms with Gasteiger partial charge in [0.15, 0.2) is 0 Å². The quantitative estimate of drug-likeness (QED) is 0.575. The van der Waals surface area contributed by atoms with E-state index in [9.17, 15) is 0 Å². The first-order valence-electron chi connectivity index (χ1n) is 9.76. The summed E-state index contributed by atoms with van der Waals surface area (Å²) in [7, 11) is -0.663. The van der Waals surface area contributed by atoms with Gasteiger partial charge in [-0.25, -0.2) is 9.12 Å². The zero-order valence-electron chi connectivity index (χ0n) is 17.6. The van der Waals surface area contributed by atoms with Gasteiger partial charge in [-0.05, 0) is 61.8 Å². The molecule has 0 aromatic heterocycles. The van der Waals surface area contributed by atoms with Crippen LogP contribution < -0.4 is 4.72 Å². The second kappa shape index (κ2) is 6.09. The topological polar surface area (TPSA) is 61.3 Å². The minimum Gasteiger partial charge on any atom is -0.403 e. The normalized spacial score (nSPS) is 35.9. The molecule has 4 rings (SSSR count). The van der Waals surface area contributed by atoms with Crippen molar-refractivity contribution in [2.45, 2.75) is 96.1 Å². The Balaban J connectivity index is 1.58. The Morgan fingerprint density at radius 1 is 0.926 bits per heavy atom. The third-order valence-electron chi connectivity index (χ3n) is 7.08. The summed E-state index contributed by atoms with van der Waals surface area (Å²) in [5.74, 6) is 0.158. The number of nitrogens with one attached hydrogen (secondary N) is 1. The Hall–Kier alpha value is -0.310. The fourth-order valence-electron chi connectivity index (χ4n) is 3.79. The van der Waals surface area contributed by atoms with E-state index in [0.29, 0.717) is 0 Å². The molecule has 9 heteroatoms. The highest BCUT2D eigenvalue weighted by Gasteiger charge is 2.59. The molecule has 0 aromatic carbocycles. The Labute approximate surface area is 167 Å². The van der Waals surface area contributed by atoms with E-state index in [1.807, 2.05) is 0 Å². The van der Waals surface area contributed by atoms with E-state index in [1.165, 1.54) is 12.1 Å². The molecule has 3 aliphatic heterocycles. The first kappa shape index (κ1) is 20.0. The summed E-state index contributed by atoms with van der Waals surface area (Å²) in [6.07, 6.45) is 3.02. The summed E-state index contributed by atoms with van der Waals surface area (Å²) in [5.41, 5.74) is 0.618. The number of nitrogens with zero attached hydrogens (tertiary/aromatic N) is 1. The number of rotatable bonds is 2. The summed E-state index contributed by atoms with van der Waals surface area (Å²) < 4.78 is 33.3. The predicted octanol–water partition coefficient (Wildman–Crippen LogP) is 3.39. The van der Waals surface area contributed by atoms with Gasteiger partial charge in [-0.1, -0.05) is 6.08 Å². The molecule has 0 saturated carbocycles. The van der Waals surface area contributed by atoms with Gasteiger partial charge in [0.2, 0.25) is 0 Å². The largest absolute Gasteiger partial charge is 0.496 e. The number of fused-ring (bicyclic) bond motifs is 1. The van der Waals surface area contributed by atoms with Crippen LogP contribution in [0.3, 0.4) is 0 Å². The molecule has 0 spiro atoms. The predicted molar refractivity (Wildman–Crippen MR) is 111 cm³/mol. The van der Waals surface area contributed by atoms with E-state index >= 15 is 0 Å². The molecular formula is C18H30B2N2O4S. The lowest BCUT2D eigenvalue weighted by Crippen LogP contribution is -2.46. The molecule has 2 atom stereocenters. The van der Waals surface area contributed by atoms with Crippen molar-refractivity contribution in [1.29, 1.82) is 0 Å². The molecule has 148 valence electrons. The zero-order chi connectivity index (χ0) is 19.8. The molecule has 0 amide bonds. The van der Waals surface area contributed by atoms with Gasteiger partial charge in [-0.3, -0.25) is 0 Å². The average Bonchev–Trinajstić information content (AvgIpc) is 3.13. The van der Waals surface area contributed by atoms with E-state index in [-0.39, 0.29) is 41.4 Å². The molecule has 2 unspecified atom stereocenters. The van der Waals surface area contributed by atoms with Gasteiger partial charge in [-0.2, -0.15) is 0 Å². The van der Waals surface area contributed by atoms with Crippen LogP contribution in [-0.2, 0) is 18.6 Å². The maximum atomic E-state index is 6.32. The summed E-state index contributed by atoms with van der Waals surface area (Å²) >= 11 is 1.38. The van der Waals surface area contributed by atoms with Crippen LogP contribution in [0.4, 0.5) is 0 Å². The van der Waals surface area contributed by atoms with Gasteiger partial charge in [0.25, 0.3) is 0 Å². The van der Waals surface area contributed by atoms with Crippen LogP contribution in [0.1, 0.15) is 61.8 Å². The third-order valence-corrected chi connectivity index (χ3v) is 7.73. The van der Waals surface area contributed by atoms with E-state index in [4.69, 9.17) is 18.6 Å². The van der Waals surface area contributed by atoms with E-state index in [0.717, 1.165) is 17.6 Å². The lowest BCUT2D eigenvalue weighted by Gasteiger charge is -2.32. The molecule has 27 heavy (non-hydrogen) atoms. The lowest BCUT2D eigenvalue weighted by atomic mass is 9.58. The Morgan fingerprint density at radius 2 is 1.44 bits per heavy atom. The molecule has 0 bridgehead atoms. The van der Waals surface area contributed by atoms with Crippen molar-refractivity contribution < 1.29 is 18.6 Å². The average molecular weight is 392 g/mol. The van der Waals surface area contributed by atoms with Crippen molar-refractivity contribution >= 4 is 32.1 Å². The van der Waals surface area contributed by atoms with Crippen molar-refractivity contribution in [2.75, 3.05) is 0 Å². The van der Waals surface area contributed by atoms with E-state index < -0.39 is 7.12 Å². The highest BCUT2D eigenvalue weighted by molar-refractivity contribution is 7.96. The number of hydrogen-bond donors (Lipinski definition) is 1. The Kier molecular flexibility index (Phi) is 4.51. The second-order valence-electron chi connectivity index (χ2n) is 9.94.